The third-order valence-corrected chi connectivity index (χ3v) is 2.22. The molecule has 1 aliphatic heterocycles. The lowest BCUT2D eigenvalue weighted by molar-refractivity contribution is 0.0699. The number of alkyl halides is 1. The van der Waals surface area contributed by atoms with Gasteiger partial charge in [0, 0.05) is 5.88 Å². The highest BCUT2D eigenvalue weighted by molar-refractivity contribution is 6.23. The molecule has 3 nitrogen and oxygen atoms in total. The minimum absolute atomic E-state index is 0.144. The summed E-state index contributed by atoms with van der Waals surface area (Å²) in [4.78, 5) is 24.3. The standard InChI is InChI=1S/C10H7ClNO2/c11-5-6-12-9(13)7-3-1-2-4-8(7)10(12)14/h1-4,6H,5H2. The quantitative estimate of drug-likeness (QED) is 0.548. The van der Waals surface area contributed by atoms with Gasteiger partial charge in [0.15, 0.2) is 0 Å². The highest BCUT2D eigenvalue weighted by Crippen LogP contribution is 2.23. The zero-order valence-electron chi connectivity index (χ0n) is 7.24. The molecule has 0 unspecified atom stereocenters. The minimum atomic E-state index is -0.300. The first-order valence-electron chi connectivity index (χ1n) is 4.12. The molecule has 0 bridgehead atoms. The molecule has 0 N–H and O–H groups in total. The molecule has 0 saturated carbocycles. The van der Waals surface area contributed by atoms with Gasteiger partial charge in [-0.2, -0.15) is 0 Å². The predicted octanol–water partition coefficient (Wildman–Crippen LogP) is 1.68. The second kappa shape index (κ2) is 3.42. The number of carbonyl (C=O) groups excluding carboxylic acids is 2. The van der Waals surface area contributed by atoms with Crippen molar-refractivity contribution in [1.82, 2.24) is 4.90 Å². The van der Waals surface area contributed by atoms with E-state index in [0.29, 0.717) is 11.1 Å². The van der Waals surface area contributed by atoms with E-state index >= 15 is 0 Å². The Morgan fingerprint density at radius 2 is 1.64 bits per heavy atom. The predicted molar refractivity (Wildman–Crippen MR) is 52.0 cm³/mol. The average Bonchev–Trinajstić information content (AvgIpc) is 2.45. The first-order valence-corrected chi connectivity index (χ1v) is 4.65. The van der Waals surface area contributed by atoms with E-state index in [9.17, 15) is 9.59 Å². The van der Waals surface area contributed by atoms with Crippen molar-refractivity contribution in [1.29, 1.82) is 0 Å². The molecule has 0 atom stereocenters. The zero-order valence-corrected chi connectivity index (χ0v) is 7.99. The van der Waals surface area contributed by atoms with E-state index in [-0.39, 0.29) is 17.7 Å². The summed E-state index contributed by atoms with van der Waals surface area (Å²) in [5.41, 5.74) is 0.887. The molecule has 14 heavy (non-hydrogen) atoms. The summed E-state index contributed by atoms with van der Waals surface area (Å²) >= 11 is 5.45. The molecule has 1 aromatic carbocycles. The first kappa shape index (κ1) is 9.21. The van der Waals surface area contributed by atoms with E-state index in [4.69, 9.17) is 11.6 Å². The summed E-state index contributed by atoms with van der Waals surface area (Å²) < 4.78 is 0. The number of amides is 2. The van der Waals surface area contributed by atoms with Gasteiger partial charge < -0.3 is 0 Å². The number of hydrogen-bond donors (Lipinski definition) is 0. The SMILES string of the molecule is O=C1c2ccccc2C(=O)N1[CH]CCl. The number of carbonyl (C=O) groups is 2. The van der Waals surface area contributed by atoms with Crippen molar-refractivity contribution in [3.8, 4) is 0 Å². The maximum atomic E-state index is 11.6. The molecule has 71 valence electrons. The van der Waals surface area contributed by atoms with Gasteiger partial charge in [-0.05, 0) is 12.1 Å². The Bertz CT molecular complexity index is 368. The summed E-state index contributed by atoms with van der Waals surface area (Å²) in [5, 5.41) is 0. The molecule has 0 fully saturated rings. The van der Waals surface area contributed by atoms with Crippen LogP contribution in [0.4, 0.5) is 0 Å². The summed E-state index contributed by atoms with van der Waals surface area (Å²) in [6, 6.07) is 6.73. The van der Waals surface area contributed by atoms with Gasteiger partial charge in [0.25, 0.3) is 11.8 Å². The van der Waals surface area contributed by atoms with Crippen molar-refractivity contribution < 1.29 is 9.59 Å². The normalized spacial score (nSPS) is 14.8. The van der Waals surface area contributed by atoms with E-state index in [1.54, 1.807) is 24.3 Å². The second-order valence-corrected chi connectivity index (χ2v) is 3.17. The topological polar surface area (TPSA) is 37.4 Å². The largest absolute Gasteiger partial charge is 0.269 e. The van der Waals surface area contributed by atoms with Crippen molar-refractivity contribution in [3.05, 3.63) is 41.9 Å². The maximum Gasteiger partial charge on any atom is 0.261 e. The van der Waals surface area contributed by atoms with E-state index in [2.05, 4.69) is 0 Å². The molecule has 0 aromatic heterocycles. The van der Waals surface area contributed by atoms with Crippen LogP contribution in [0.1, 0.15) is 20.7 Å². The highest BCUT2D eigenvalue weighted by atomic mass is 35.5. The lowest BCUT2D eigenvalue weighted by Crippen LogP contribution is -2.27. The van der Waals surface area contributed by atoms with Gasteiger partial charge in [-0.3, -0.25) is 14.5 Å². The number of benzene rings is 1. The zero-order chi connectivity index (χ0) is 10.1. The number of hydrogen-bond acceptors (Lipinski definition) is 2. The van der Waals surface area contributed by atoms with Crippen LogP contribution < -0.4 is 0 Å². The number of rotatable bonds is 2. The lowest BCUT2D eigenvalue weighted by Gasteiger charge is -2.09. The van der Waals surface area contributed by atoms with Crippen LogP contribution in [0.25, 0.3) is 0 Å². The molecule has 1 heterocycles. The fraction of sp³-hybridized carbons (Fsp3) is 0.100. The van der Waals surface area contributed by atoms with Crippen LogP contribution in [0.2, 0.25) is 0 Å². The molecular formula is C10H7ClNO2. The van der Waals surface area contributed by atoms with E-state index < -0.39 is 0 Å². The van der Waals surface area contributed by atoms with Crippen LogP contribution in [0, 0.1) is 6.54 Å². The van der Waals surface area contributed by atoms with Gasteiger partial charge in [0.05, 0.1) is 17.7 Å². The number of halogens is 1. The Balaban J connectivity index is 2.43. The van der Waals surface area contributed by atoms with Crippen LogP contribution in [0.5, 0.6) is 0 Å². The average molecular weight is 209 g/mol. The van der Waals surface area contributed by atoms with Crippen LogP contribution in [0.3, 0.4) is 0 Å². The van der Waals surface area contributed by atoms with Gasteiger partial charge >= 0.3 is 0 Å². The fourth-order valence-electron chi connectivity index (χ4n) is 1.44. The lowest BCUT2D eigenvalue weighted by atomic mass is 10.1. The molecule has 1 radical (unpaired) electrons. The molecule has 0 saturated heterocycles. The van der Waals surface area contributed by atoms with E-state index in [0.717, 1.165) is 4.90 Å². The Kier molecular flexibility index (Phi) is 2.25. The van der Waals surface area contributed by atoms with Gasteiger partial charge in [-0.1, -0.05) is 12.1 Å². The van der Waals surface area contributed by atoms with Crippen molar-refractivity contribution >= 4 is 23.4 Å². The molecular weight excluding hydrogens is 202 g/mol. The number of fused-ring (bicyclic) bond motifs is 1. The monoisotopic (exact) mass is 208 g/mol. The number of imide groups is 1. The Morgan fingerprint density at radius 3 is 2.07 bits per heavy atom. The summed E-state index contributed by atoms with van der Waals surface area (Å²) in [6.07, 6.45) is 0. The van der Waals surface area contributed by atoms with Crippen molar-refractivity contribution in [2.45, 2.75) is 0 Å². The van der Waals surface area contributed by atoms with E-state index in [1.165, 1.54) is 6.54 Å². The highest BCUT2D eigenvalue weighted by Gasteiger charge is 2.34. The van der Waals surface area contributed by atoms with Crippen molar-refractivity contribution in [2.24, 2.45) is 0 Å². The smallest absolute Gasteiger partial charge is 0.261 e. The Morgan fingerprint density at radius 1 is 1.14 bits per heavy atom. The maximum absolute atomic E-state index is 11.6. The second-order valence-electron chi connectivity index (χ2n) is 2.86. The summed E-state index contributed by atoms with van der Waals surface area (Å²) in [6.45, 7) is 1.38. The molecule has 2 amide bonds. The fourth-order valence-corrected chi connectivity index (χ4v) is 1.58. The third-order valence-electron chi connectivity index (χ3n) is 2.08. The Hall–Kier alpha value is -1.35. The van der Waals surface area contributed by atoms with Gasteiger partial charge in [0.1, 0.15) is 0 Å². The molecule has 1 aromatic rings. The summed E-state index contributed by atoms with van der Waals surface area (Å²) in [7, 11) is 0. The molecule has 4 heteroatoms. The minimum Gasteiger partial charge on any atom is -0.269 e. The molecule has 2 rings (SSSR count). The molecule has 1 aliphatic rings. The summed E-state index contributed by atoms with van der Waals surface area (Å²) in [5.74, 6) is -0.455. The van der Waals surface area contributed by atoms with Crippen LogP contribution in [-0.4, -0.2) is 22.6 Å². The molecule has 0 spiro atoms. The Labute approximate surface area is 86.3 Å². The van der Waals surface area contributed by atoms with Gasteiger partial charge in [0.2, 0.25) is 0 Å². The number of nitrogens with zero attached hydrogens (tertiary/aromatic N) is 1. The third kappa shape index (κ3) is 1.21. The van der Waals surface area contributed by atoms with Crippen molar-refractivity contribution in [3.63, 3.8) is 0 Å². The first-order chi connectivity index (χ1) is 6.75. The van der Waals surface area contributed by atoms with Gasteiger partial charge in [-0.15, -0.1) is 11.6 Å². The van der Waals surface area contributed by atoms with Crippen molar-refractivity contribution in [2.75, 3.05) is 5.88 Å². The van der Waals surface area contributed by atoms with Crippen LogP contribution >= 0.6 is 11.6 Å². The van der Waals surface area contributed by atoms with Crippen LogP contribution in [-0.2, 0) is 0 Å². The van der Waals surface area contributed by atoms with E-state index in [1.807, 2.05) is 0 Å². The van der Waals surface area contributed by atoms with Gasteiger partial charge in [-0.25, -0.2) is 0 Å². The molecule has 0 aliphatic carbocycles. The van der Waals surface area contributed by atoms with Crippen LogP contribution in [0.15, 0.2) is 24.3 Å².